The van der Waals surface area contributed by atoms with Crippen LogP contribution in [0.4, 0.5) is 17.1 Å². The first-order valence-corrected chi connectivity index (χ1v) is 4.00. The summed E-state index contributed by atoms with van der Waals surface area (Å²) in [6, 6.07) is 2.88. The predicted molar refractivity (Wildman–Crippen MR) is 52.7 cm³/mol. The zero-order valence-corrected chi connectivity index (χ0v) is 7.43. The van der Waals surface area contributed by atoms with Crippen LogP contribution in [0.1, 0.15) is 5.56 Å². The van der Waals surface area contributed by atoms with Gasteiger partial charge in [0, 0.05) is 18.7 Å². The third-order valence-electron chi connectivity index (χ3n) is 1.89. The largest absolute Gasteiger partial charge is 0.398 e. The minimum absolute atomic E-state index is 0.0626. The lowest BCUT2D eigenvalue weighted by atomic mass is 10.1. The molecule has 1 aromatic rings. The molecule has 0 unspecified atom stereocenters. The van der Waals surface area contributed by atoms with Crippen LogP contribution in [0.2, 0.25) is 0 Å². The second-order valence-electron chi connectivity index (χ2n) is 2.80. The Morgan fingerprint density at radius 2 is 1.93 bits per heavy atom. The number of aliphatic hydroxyl groups is 1. The van der Waals surface area contributed by atoms with Crippen LogP contribution in [0.15, 0.2) is 12.1 Å². The number of aliphatic hydroxyl groups excluding tert-OH is 1. The molecule has 6 nitrogen and oxygen atoms in total. The number of nitro benzene ring substituents is 1. The van der Waals surface area contributed by atoms with Gasteiger partial charge in [-0.1, -0.05) is 0 Å². The fraction of sp³-hybridized carbons (Fsp3) is 0.250. The number of hydrogen-bond acceptors (Lipinski definition) is 5. The van der Waals surface area contributed by atoms with Gasteiger partial charge in [-0.2, -0.15) is 0 Å². The van der Waals surface area contributed by atoms with E-state index in [1.54, 1.807) is 0 Å². The molecular weight excluding hydrogens is 186 g/mol. The SMILES string of the molecule is Nc1ccc(N)c([N+](=O)[O-])c1CCO. The van der Waals surface area contributed by atoms with Gasteiger partial charge >= 0.3 is 0 Å². The molecule has 1 rings (SSSR count). The molecular formula is C8H11N3O3. The van der Waals surface area contributed by atoms with Crippen LogP contribution < -0.4 is 11.5 Å². The van der Waals surface area contributed by atoms with E-state index >= 15 is 0 Å². The van der Waals surface area contributed by atoms with Crippen LogP contribution in [0.5, 0.6) is 0 Å². The van der Waals surface area contributed by atoms with Gasteiger partial charge in [0.2, 0.25) is 0 Å². The molecule has 0 amide bonds. The fourth-order valence-corrected chi connectivity index (χ4v) is 1.26. The number of nitro groups is 1. The molecule has 0 aliphatic rings. The van der Waals surface area contributed by atoms with Gasteiger partial charge in [0.25, 0.3) is 5.69 Å². The first-order chi connectivity index (χ1) is 6.57. The van der Waals surface area contributed by atoms with Gasteiger partial charge in [-0.25, -0.2) is 0 Å². The number of nitrogen functional groups attached to an aromatic ring is 2. The summed E-state index contributed by atoms with van der Waals surface area (Å²) in [7, 11) is 0. The van der Waals surface area contributed by atoms with Gasteiger partial charge in [0.1, 0.15) is 5.69 Å². The summed E-state index contributed by atoms with van der Waals surface area (Å²) in [6.45, 7) is -0.200. The van der Waals surface area contributed by atoms with E-state index in [2.05, 4.69) is 0 Å². The van der Waals surface area contributed by atoms with Crippen LogP contribution in [0, 0.1) is 10.1 Å². The van der Waals surface area contributed by atoms with Crippen molar-refractivity contribution < 1.29 is 10.0 Å². The molecule has 5 N–H and O–H groups in total. The summed E-state index contributed by atoms with van der Waals surface area (Å²) >= 11 is 0. The Labute approximate surface area is 80.3 Å². The highest BCUT2D eigenvalue weighted by Gasteiger charge is 2.19. The lowest BCUT2D eigenvalue weighted by Gasteiger charge is -2.06. The maximum atomic E-state index is 10.7. The van der Waals surface area contributed by atoms with E-state index < -0.39 is 4.92 Å². The number of benzene rings is 1. The van der Waals surface area contributed by atoms with Crippen molar-refractivity contribution in [3.63, 3.8) is 0 Å². The summed E-state index contributed by atoms with van der Waals surface area (Å²) in [5.74, 6) is 0. The van der Waals surface area contributed by atoms with Gasteiger partial charge < -0.3 is 16.6 Å². The lowest BCUT2D eigenvalue weighted by molar-refractivity contribution is -0.384. The van der Waals surface area contributed by atoms with E-state index in [1.165, 1.54) is 12.1 Å². The Hall–Kier alpha value is -1.82. The molecule has 0 spiro atoms. The predicted octanol–water partition coefficient (Wildman–Crippen LogP) is 0.294. The minimum Gasteiger partial charge on any atom is -0.398 e. The third kappa shape index (κ3) is 1.74. The van der Waals surface area contributed by atoms with Crippen LogP contribution in [-0.4, -0.2) is 16.6 Å². The monoisotopic (exact) mass is 197 g/mol. The number of nitrogens with two attached hydrogens (primary N) is 2. The number of hydrogen-bond donors (Lipinski definition) is 3. The van der Waals surface area contributed by atoms with Crippen molar-refractivity contribution in [3.8, 4) is 0 Å². The zero-order chi connectivity index (χ0) is 10.7. The molecule has 0 bridgehead atoms. The highest BCUT2D eigenvalue weighted by atomic mass is 16.6. The van der Waals surface area contributed by atoms with Crippen molar-refractivity contribution in [2.24, 2.45) is 0 Å². The Morgan fingerprint density at radius 3 is 2.43 bits per heavy atom. The number of rotatable bonds is 3. The summed E-state index contributed by atoms with van der Waals surface area (Å²) in [6.07, 6.45) is 0.132. The van der Waals surface area contributed by atoms with Crippen LogP contribution >= 0.6 is 0 Å². The molecule has 0 atom stereocenters. The Bertz CT molecular complexity index is 365. The molecule has 0 saturated carbocycles. The number of anilines is 2. The molecule has 6 heteroatoms. The second kappa shape index (κ2) is 3.93. The molecule has 0 aliphatic carbocycles. The van der Waals surface area contributed by atoms with Crippen molar-refractivity contribution >= 4 is 17.1 Å². The average molecular weight is 197 g/mol. The summed E-state index contributed by atoms with van der Waals surface area (Å²) in [5.41, 5.74) is 11.4. The first-order valence-electron chi connectivity index (χ1n) is 4.00. The fourth-order valence-electron chi connectivity index (χ4n) is 1.26. The summed E-state index contributed by atoms with van der Waals surface area (Å²) < 4.78 is 0. The molecule has 0 radical (unpaired) electrons. The molecule has 0 aliphatic heterocycles. The van der Waals surface area contributed by atoms with E-state index in [4.69, 9.17) is 16.6 Å². The minimum atomic E-state index is -0.587. The Kier molecular flexibility index (Phi) is 2.88. The Morgan fingerprint density at radius 1 is 1.36 bits per heavy atom. The molecule has 0 aromatic heterocycles. The quantitative estimate of drug-likeness (QED) is 0.366. The van der Waals surface area contributed by atoms with Crippen molar-refractivity contribution in [2.75, 3.05) is 18.1 Å². The lowest BCUT2D eigenvalue weighted by Crippen LogP contribution is -2.05. The second-order valence-corrected chi connectivity index (χ2v) is 2.80. The molecule has 0 fully saturated rings. The van der Waals surface area contributed by atoms with Crippen molar-refractivity contribution in [3.05, 3.63) is 27.8 Å². The zero-order valence-electron chi connectivity index (χ0n) is 7.43. The van der Waals surface area contributed by atoms with Crippen molar-refractivity contribution in [1.29, 1.82) is 0 Å². The van der Waals surface area contributed by atoms with Crippen molar-refractivity contribution in [1.82, 2.24) is 0 Å². The van der Waals surface area contributed by atoms with Crippen LogP contribution in [-0.2, 0) is 6.42 Å². The molecule has 0 heterocycles. The van der Waals surface area contributed by atoms with Gasteiger partial charge in [0.05, 0.1) is 10.5 Å². The number of nitrogens with zero attached hydrogens (tertiary/aromatic N) is 1. The smallest absolute Gasteiger partial charge is 0.297 e. The highest BCUT2D eigenvalue weighted by Crippen LogP contribution is 2.30. The topological polar surface area (TPSA) is 115 Å². The van der Waals surface area contributed by atoms with Crippen LogP contribution in [0.25, 0.3) is 0 Å². The normalized spacial score (nSPS) is 10.1. The van der Waals surface area contributed by atoms with Gasteiger partial charge in [-0.15, -0.1) is 0 Å². The van der Waals surface area contributed by atoms with E-state index in [0.717, 1.165) is 0 Å². The average Bonchev–Trinajstić information content (AvgIpc) is 2.11. The highest BCUT2D eigenvalue weighted by molar-refractivity contribution is 5.70. The maximum Gasteiger partial charge on any atom is 0.297 e. The van der Waals surface area contributed by atoms with Gasteiger partial charge in [-0.05, 0) is 12.1 Å². The van der Waals surface area contributed by atoms with E-state index in [0.29, 0.717) is 0 Å². The van der Waals surface area contributed by atoms with E-state index in [9.17, 15) is 10.1 Å². The maximum absolute atomic E-state index is 10.7. The van der Waals surface area contributed by atoms with E-state index in [-0.39, 0.29) is 35.7 Å². The Balaban J connectivity index is 3.33. The molecule has 14 heavy (non-hydrogen) atoms. The van der Waals surface area contributed by atoms with Crippen LogP contribution in [0.3, 0.4) is 0 Å². The van der Waals surface area contributed by atoms with E-state index in [1.807, 2.05) is 0 Å². The van der Waals surface area contributed by atoms with Gasteiger partial charge in [-0.3, -0.25) is 10.1 Å². The van der Waals surface area contributed by atoms with Crippen molar-refractivity contribution in [2.45, 2.75) is 6.42 Å². The first kappa shape index (κ1) is 10.3. The standard InChI is InChI=1S/C8H11N3O3/c9-6-1-2-7(10)8(11(13)14)5(6)3-4-12/h1-2,12H,3-4,9-10H2. The molecule has 1 aromatic carbocycles. The third-order valence-corrected chi connectivity index (χ3v) is 1.89. The van der Waals surface area contributed by atoms with Gasteiger partial charge in [0.15, 0.2) is 0 Å². The molecule has 0 saturated heterocycles. The summed E-state index contributed by atoms with van der Waals surface area (Å²) in [4.78, 5) is 10.1. The summed E-state index contributed by atoms with van der Waals surface area (Å²) in [5, 5.41) is 19.4. The molecule has 76 valence electrons.